The second kappa shape index (κ2) is 8.61. The molecule has 0 heterocycles. The zero-order valence-electron chi connectivity index (χ0n) is 10.7. The van der Waals surface area contributed by atoms with Gasteiger partial charge >= 0.3 is 0 Å². The van der Waals surface area contributed by atoms with Crippen molar-refractivity contribution in [1.82, 2.24) is 10.2 Å². The van der Waals surface area contributed by atoms with Crippen molar-refractivity contribution in [3.8, 4) is 12.3 Å². The van der Waals surface area contributed by atoms with E-state index in [4.69, 9.17) is 6.42 Å². The average Bonchev–Trinajstić information content (AvgIpc) is 3.07. The summed E-state index contributed by atoms with van der Waals surface area (Å²) in [6.07, 6.45) is 12.0. The fourth-order valence-electron chi connectivity index (χ4n) is 1.92. The Kier molecular flexibility index (Phi) is 7.29. The molecule has 2 nitrogen and oxygen atoms in total. The molecule has 1 fully saturated rings. The number of terminal acetylenes is 1. The highest BCUT2D eigenvalue weighted by Gasteiger charge is 2.23. The zero-order valence-corrected chi connectivity index (χ0v) is 10.7. The molecule has 0 aromatic carbocycles. The first-order valence-electron chi connectivity index (χ1n) is 6.73. The Morgan fingerprint density at radius 3 is 2.75 bits per heavy atom. The Labute approximate surface area is 101 Å². The maximum absolute atomic E-state index is 5.39. The maximum Gasteiger partial charge on any atom is 0.0599 e. The Balaban J connectivity index is 1.96. The molecule has 0 bridgehead atoms. The van der Waals surface area contributed by atoms with Crippen molar-refractivity contribution in [2.24, 2.45) is 5.92 Å². The molecule has 16 heavy (non-hydrogen) atoms. The lowest BCUT2D eigenvalue weighted by Gasteiger charge is -2.19. The SMILES string of the molecule is C#CCN(CCCCNCCC)CC1CC1. The third-order valence-corrected chi connectivity index (χ3v) is 3.03. The molecule has 0 aromatic heterocycles. The molecule has 0 aliphatic heterocycles. The first-order chi connectivity index (χ1) is 7.86. The van der Waals surface area contributed by atoms with E-state index in [0.29, 0.717) is 0 Å². The van der Waals surface area contributed by atoms with Crippen LogP contribution in [-0.4, -0.2) is 37.6 Å². The fourth-order valence-corrected chi connectivity index (χ4v) is 1.92. The molecule has 1 N–H and O–H groups in total. The van der Waals surface area contributed by atoms with Gasteiger partial charge in [-0.15, -0.1) is 6.42 Å². The molecule has 1 saturated carbocycles. The smallest absolute Gasteiger partial charge is 0.0599 e. The van der Waals surface area contributed by atoms with Crippen molar-refractivity contribution < 1.29 is 0 Å². The van der Waals surface area contributed by atoms with Crippen molar-refractivity contribution in [1.29, 1.82) is 0 Å². The minimum absolute atomic E-state index is 0.832. The lowest BCUT2D eigenvalue weighted by Crippen LogP contribution is -2.28. The molecular formula is C14H26N2. The standard InChI is InChI=1S/C14H26N2/c1-3-9-15-10-5-6-12-16(11-4-2)13-14-7-8-14/h2,14-15H,3,5-13H2,1H3. The van der Waals surface area contributed by atoms with Crippen molar-refractivity contribution in [2.75, 3.05) is 32.7 Å². The molecule has 1 aliphatic carbocycles. The molecule has 2 heteroatoms. The Bertz CT molecular complexity index is 203. The van der Waals surface area contributed by atoms with E-state index in [1.165, 1.54) is 45.2 Å². The van der Waals surface area contributed by atoms with Crippen LogP contribution in [0, 0.1) is 18.3 Å². The summed E-state index contributed by atoms with van der Waals surface area (Å²) in [7, 11) is 0. The first kappa shape index (κ1) is 13.5. The second-order valence-corrected chi connectivity index (χ2v) is 4.84. The van der Waals surface area contributed by atoms with Crippen LogP contribution in [0.1, 0.15) is 39.0 Å². The van der Waals surface area contributed by atoms with Crippen molar-refractivity contribution in [3.63, 3.8) is 0 Å². The number of rotatable bonds is 10. The lowest BCUT2D eigenvalue weighted by atomic mass is 10.2. The van der Waals surface area contributed by atoms with E-state index in [1.54, 1.807) is 0 Å². The van der Waals surface area contributed by atoms with E-state index in [-0.39, 0.29) is 0 Å². The number of hydrogen-bond acceptors (Lipinski definition) is 2. The highest BCUT2D eigenvalue weighted by molar-refractivity contribution is 4.90. The topological polar surface area (TPSA) is 15.3 Å². The molecule has 0 spiro atoms. The minimum atomic E-state index is 0.832. The van der Waals surface area contributed by atoms with Crippen LogP contribution >= 0.6 is 0 Å². The third kappa shape index (κ3) is 6.87. The summed E-state index contributed by atoms with van der Waals surface area (Å²) < 4.78 is 0. The van der Waals surface area contributed by atoms with Gasteiger partial charge in [-0.25, -0.2) is 0 Å². The quantitative estimate of drug-likeness (QED) is 0.450. The second-order valence-electron chi connectivity index (χ2n) is 4.84. The van der Waals surface area contributed by atoms with Crippen molar-refractivity contribution in [3.05, 3.63) is 0 Å². The van der Waals surface area contributed by atoms with Crippen LogP contribution in [0.4, 0.5) is 0 Å². The average molecular weight is 222 g/mol. The summed E-state index contributed by atoms with van der Waals surface area (Å²) in [4.78, 5) is 2.44. The summed E-state index contributed by atoms with van der Waals surface area (Å²) in [6.45, 7) is 7.74. The van der Waals surface area contributed by atoms with Gasteiger partial charge in [-0.05, 0) is 57.7 Å². The van der Waals surface area contributed by atoms with Gasteiger partial charge in [0.15, 0.2) is 0 Å². The predicted molar refractivity (Wildman–Crippen MR) is 70.4 cm³/mol. The monoisotopic (exact) mass is 222 g/mol. The Morgan fingerprint density at radius 2 is 2.12 bits per heavy atom. The van der Waals surface area contributed by atoms with Crippen LogP contribution in [0.2, 0.25) is 0 Å². The van der Waals surface area contributed by atoms with Crippen LogP contribution in [0.25, 0.3) is 0 Å². The number of nitrogens with one attached hydrogen (secondary N) is 1. The summed E-state index contributed by atoms with van der Waals surface area (Å²) in [5, 5.41) is 3.44. The van der Waals surface area contributed by atoms with Crippen molar-refractivity contribution >= 4 is 0 Å². The number of unbranched alkanes of at least 4 members (excludes halogenated alkanes) is 1. The van der Waals surface area contributed by atoms with E-state index in [2.05, 4.69) is 23.1 Å². The minimum Gasteiger partial charge on any atom is -0.317 e. The van der Waals surface area contributed by atoms with Crippen LogP contribution in [-0.2, 0) is 0 Å². The van der Waals surface area contributed by atoms with Gasteiger partial charge in [0.1, 0.15) is 0 Å². The van der Waals surface area contributed by atoms with E-state index < -0.39 is 0 Å². The van der Waals surface area contributed by atoms with Gasteiger partial charge in [-0.2, -0.15) is 0 Å². The maximum atomic E-state index is 5.39. The molecule has 1 rings (SSSR count). The molecule has 0 atom stereocenters. The molecule has 0 amide bonds. The highest BCUT2D eigenvalue weighted by atomic mass is 15.1. The largest absolute Gasteiger partial charge is 0.317 e. The van der Waals surface area contributed by atoms with Crippen LogP contribution in [0.5, 0.6) is 0 Å². The highest BCUT2D eigenvalue weighted by Crippen LogP contribution is 2.29. The Morgan fingerprint density at radius 1 is 1.31 bits per heavy atom. The summed E-state index contributed by atoms with van der Waals surface area (Å²) >= 11 is 0. The van der Waals surface area contributed by atoms with Gasteiger partial charge in [0.2, 0.25) is 0 Å². The van der Waals surface area contributed by atoms with Crippen molar-refractivity contribution in [2.45, 2.75) is 39.0 Å². The van der Waals surface area contributed by atoms with Gasteiger partial charge in [0.05, 0.1) is 6.54 Å². The molecule has 0 saturated heterocycles. The third-order valence-electron chi connectivity index (χ3n) is 3.03. The summed E-state index contributed by atoms with van der Waals surface area (Å²) in [6, 6.07) is 0. The summed E-state index contributed by atoms with van der Waals surface area (Å²) in [5.74, 6) is 3.72. The van der Waals surface area contributed by atoms with Crippen LogP contribution in [0.15, 0.2) is 0 Å². The molecule has 0 aromatic rings. The normalized spacial score (nSPS) is 15.3. The van der Waals surface area contributed by atoms with E-state index in [9.17, 15) is 0 Å². The van der Waals surface area contributed by atoms with E-state index in [1.807, 2.05) is 0 Å². The fraction of sp³-hybridized carbons (Fsp3) is 0.857. The molecule has 1 aliphatic rings. The Hall–Kier alpha value is -0.520. The van der Waals surface area contributed by atoms with Gasteiger partial charge in [-0.3, -0.25) is 4.90 Å². The van der Waals surface area contributed by atoms with Crippen LogP contribution in [0.3, 0.4) is 0 Å². The molecule has 0 radical (unpaired) electrons. The lowest BCUT2D eigenvalue weighted by molar-refractivity contribution is 0.287. The predicted octanol–water partition coefficient (Wildman–Crippen LogP) is 2.11. The molecule has 0 unspecified atom stereocenters. The first-order valence-corrected chi connectivity index (χ1v) is 6.73. The van der Waals surface area contributed by atoms with Gasteiger partial charge in [0, 0.05) is 6.54 Å². The number of hydrogen-bond donors (Lipinski definition) is 1. The van der Waals surface area contributed by atoms with Gasteiger partial charge in [-0.1, -0.05) is 12.8 Å². The number of nitrogens with zero attached hydrogens (tertiary/aromatic N) is 1. The van der Waals surface area contributed by atoms with Gasteiger partial charge < -0.3 is 5.32 Å². The van der Waals surface area contributed by atoms with Gasteiger partial charge in [0.25, 0.3) is 0 Å². The molecule has 92 valence electrons. The van der Waals surface area contributed by atoms with Crippen LogP contribution < -0.4 is 5.32 Å². The van der Waals surface area contributed by atoms with E-state index in [0.717, 1.165) is 25.6 Å². The van der Waals surface area contributed by atoms with E-state index >= 15 is 0 Å². The zero-order chi connectivity index (χ0) is 11.6. The summed E-state index contributed by atoms with van der Waals surface area (Å²) in [5.41, 5.74) is 0. The molecular weight excluding hydrogens is 196 g/mol.